The Bertz CT molecular complexity index is 371. The van der Waals surface area contributed by atoms with Crippen LogP contribution in [0.3, 0.4) is 0 Å². The number of rotatable bonds is 4. The SMILES string of the molecule is C=CC(C)(C)C1C=C(O[Si](C)(C)C(C)(C)C)CCCC1. The molecule has 0 saturated heterocycles. The molecule has 1 unspecified atom stereocenters. The van der Waals surface area contributed by atoms with Crippen LogP contribution in [-0.4, -0.2) is 8.32 Å². The van der Waals surface area contributed by atoms with E-state index in [1.54, 1.807) is 0 Å². The van der Waals surface area contributed by atoms with Gasteiger partial charge in [-0.3, -0.25) is 0 Å². The largest absolute Gasteiger partial charge is 0.547 e. The van der Waals surface area contributed by atoms with Gasteiger partial charge in [0.25, 0.3) is 0 Å². The molecule has 20 heavy (non-hydrogen) atoms. The van der Waals surface area contributed by atoms with Gasteiger partial charge in [-0.25, -0.2) is 0 Å². The van der Waals surface area contributed by atoms with Gasteiger partial charge in [0.1, 0.15) is 0 Å². The summed E-state index contributed by atoms with van der Waals surface area (Å²) in [6.07, 6.45) is 9.42. The molecular weight excluding hydrogens is 260 g/mol. The fraction of sp³-hybridized carbons (Fsp3) is 0.778. The van der Waals surface area contributed by atoms with Crippen molar-refractivity contribution in [3.05, 3.63) is 24.5 Å². The maximum atomic E-state index is 6.56. The molecule has 1 atom stereocenters. The molecule has 0 radical (unpaired) electrons. The lowest BCUT2D eigenvalue weighted by molar-refractivity contribution is 0.313. The number of hydrogen-bond donors (Lipinski definition) is 0. The molecule has 0 amide bonds. The molecule has 0 bridgehead atoms. The first-order valence-corrected chi connectivity index (χ1v) is 10.9. The third-order valence-electron chi connectivity index (χ3n) is 5.25. The quantitative estimate of drug-likeness (QED) is 0.437. The van der Waals surface area contributed by atoms with Gasteiger partial charge >= 0.3 is 0 Å². The molecule has 1 aliphatic rings. The Labute approximate surface area is 127 Å². The molecule has 0 aromatic carbocycles. The highest BCUT2D eigenvalue weighted by molar-refractivity contribution is 6.74. The lowest BCUT2D eigenvalue weighted by Crippen LogP contribution is -2.40. The zero-order chi connectivity index (χ0) is 15.6. The molecule has 0 aliphatic heterocycles. The Morgan fingerprint density at radius 2 is 1.80 bits per heavy atom. The molecule has 0 saturated carbocycles. The molecular formula is C18H34OSi. The van der Waals surface area contributed by atoms with Crippen LogP contribution in [-0.2, 0) is 4.43 Å². The van der Waals surface area contributed by atoms with Gasteiger partial charge in [-0.05, 0) is 48.4 Å². The van der Waals surface area contributed by atoms with Crippen molar-refractivity contribution in [2.75, 3.05) is 0 Å². The maximum Gasteiger partial charge on any atom is 0.250 e. The Hall–Kier alpha value is -0.503. The van der Waals surface area contributed by atoms with Gasteiger partial charge in [0.2, 0.25) is 8.32 Å². The van der Waals surface area contributed by atoms with E-state index in [1.807, 2.05) is 0 Å². The van der Waals surface area contributed by atoms with Gasteiger partial charge < -0.3 is 4.43 Å². The van der Waals surface area contributed by atoms with Crippen LogP contribution < -0.4 is 0 Å². The first-order valence-electron chi connectivity index (χ1n) is 8.03. The second kappa shape index (κ2) is 6.09. The van der Waals surface area contributed by atoms with E-state index in [-0.39, 0.29) is 10.5 Å². The van der Waals surface area contributed by atoms with Crippen molar-refractivity contribution in [1.82, 2.24) is 0 Å². The molecule has 0 aromatic rings. The fourth-order valence-electron chi connectivity index (χ4n) is 2.36. The molecule has 1 aliphatic carbocycles. The van der Waals surface area contributed by atoms with E-state index in [1.165, 1.54) is 25.0 Å². The second-order valence-electron chi connectivity index (χ2n) is 8.37. The minimum Gasteiger partial charge on any atom is -0.547 e. The minimum absolute atomic E-state index is 0.159. The van der Waals surface area contributed by atoms with E-state index in [2.05, 4.69) is 66.4 Å². The van der Waals surface area contributed by atoms with Gasteiger partial charge in [0, 0.05) is 6.42 Å². The van der Waals surface area contributed by atoms with E-state index < -0.39 is 8.32 Å². The normalized spacial score (nSPS) is 21.9. The molecule has 116 valence electrons. The van der Waals surface area contributed by atoms with Crippen LogP contribution in [0.2, 0.25) is 18.1 Å². The predicted octanol–water partition coefficient (Wildman–Crippen LogP) is 6.29. The summed E-state index contributed by atoms with van der Waals surface area (Å²) in [5, 5.41) is 0.267. The van der Waals surface area contributed by atoms with Crippen molar-refractivity contribution >= 4 is 8.32 Å². The van der Waals surface area contributed by atoms with Crippen LogP contribution in [0.5, 0.6) is 0 Å². The topological polar surface area (TPSA) is 9.23 Å². The Balaban J connectivity index is 2.95. The van der Waals surface area contributed by atoms with E-state index in [0.717, 1.165) is 6.42 Å². The molecule has 0 spiro atoms. The van der Waals surface area contributed by atoms with E-state index in [0.29, 0.717) is 5.92 Å². The van der Waals surface area contributed by atoms with Gasteiger partial charge in [-0.1, -0.05) is 47.1 Å². The standard InChI is InChI=1S/C18H34OSi/c1-9-18(5,6)15-12-10-11-13-16(14-15)19-20(7,8)17(2,3)4/h9,14-15H,1,10-13H2,2-8H3. The molecule has 0 fully saturated rings. The van der Waals surface area contributed by atoms with Crippen molar-refractivity contribution in [2.45, 2.75) is 78.4 Å². The minimum atomic E-state index is -1.71. The van der Waals surface area contributed by atoms with E-state index >= 15 is 0 Å². The first-order chi connectivity index (χ1) is 8.99. The molecule has 0 aromatic heterocycles. The predicted molar refractivity (Wildman–Crippen MR) is 92.3 cm³/mol. The van der Waals surface area contributed by atoms with Crippen molar-refractivity contribution in [2.24, 2.45) is 11.3 Å². The molecule has 2 heteroatoms. The summed E-state index contributed by atoms with van der Waals surface area (Å²) in [5.74, 6) is 1.80. The Morgan fingerprint density at radius 3 is 2.30 bits per heavy atom. The summed E-state index contributed by atoms with van der Waals surface area (Å²) in [5.41, 5.74) is 0.159. The third-order valence-corrected chi connectivity index (χ3v) is 9.63. The zero-order valence-electron chi connectivity index (χ0n) is 14.7. The number of allylic oxidation sites excluding steroid dienone is 3. The first kappa shape index (κ1) is 17.5. The van der Waals surface area contributed by atoms with Gasteiger partial charge in [0.05, 0.1) is 5.76 Å². The smallest absolute Gasteiger partial charge is 0.250 e. The molecule has 0 heterocycles. The van der Waals surface area contributed by atoms with Crippen LogP contribution in [0.1, 0.15) is 60.3 Å². The van der Waals surface area contributed by atoms with Crippen LogP contribution in [0.15, 0.2) is 24.5 Å². The van der Waals surface area contributed by atoms with Crippen molar-refractivity contribution in [1.29, 1.82) is 0 Å². The zero-order valence-corrected chi connectivity index (χ0v) is 15.7. The molecule has 1 nitrogen and oxygen atoms in total. The highest BCUT2D eigenvalue weighted by atomic mass is 28.4. The molecule has 0 N–H and O–H groups in total. The van der Waals surface area contributed by atoms with Crippen molar-refractivity contribution in [3.8, 4) is 0 Å². The summed E-state index contributed by atoms with van der Waals surface area (Å²) in [6.45, 7) is 20.2. The lowest BCUT2D eigenvalue weighted by Gasteiger charge is -2.38. The average molecular weight is 295 g/mol. The van der Waals surface area contributed by atoms with Crippen LogP contribution in [0.25, 0.3) is 0 Å². The average Bonchev–Trinajstić information content (AvgIpc) is 2.53. The van der Waals surface area contributed by atoms with Crippen molar-refractivity contribution < 1.29 is 4.43 Å². The second-order valence-corrected chi connectivity index (χ2v) is 13.1. The van der Waals surface area contributed by atoms with Gasteiger partial charge in [0.15, 0.2) is 0 Å². The fourth-order valence-corrected chi connectivity index (χ4v) is 3.49. The maximum absolute atomic E-state index is 6.56. The van der Waals surface area contributed by atoms with Crippen LogP contribution in [0, 0.1) is 11.3 Å². The summed E-state index contributed by atoms with van der Waals surface area (Å²) in [4.78, 5) is 0. The summed E-state index contributed by atoms with van der Waals surface area (Å²) in [6, 6.07) is 0. The lowest BCUT2D eigenvalue weighted by atomic mass is 9.76. The molecule has 1 rings (SSSR count). The van der Waals surface area contributed by atoms with Gasteiger partial charge in [-0.15, -0.1) is 6.58 Å². The summed E-state index contributed by atoms with van der Waals surface area (Å²) >= 11 is 0. The monoisotopic (exact) mass is 294 g/mol. The summed E-state index contributed by atoms with van der Waals surface area (Å²) in [7, 11) is -1.71. The van der Waals surface area contributed by atoms with Crippen LogP contribution >= 0.6 is 0 Å². The Kier molecular flexibility index (Phi) is 5.34. The van der Waals surface area contributed by atoms with Crippen molar-refractivity contribution in [3.63, 3.8) is 0 Å². The van der Waals surface area contributed by atoms with E-state index in [9.17, 15) is 0 Å². The highest BCUT2D eigenvalue weighted by Gasteiger charge is 2.39. The van der Waals surface area contributed by atoms with Gasteiger partial charge in [-0.2, -0.15) is 0 Å². The summed E-state index contributed by atoms with van der Waals surface area (Å²) < 4.78 is 6.56. The van der Waals surface area contributed by atoms with Crippen LogP contribution in [0.4, 0.5) is 0 Å². The third kappa shape index (κ3) is 4.24. The van der Waals surface area contributed by atoms with E-state index in [4.69, 9.17) is 4.43 Å². The highest BCUT2D eigenvalue weighted by Crippen LogP contribution is 2.41. The number of hydrogen-bond acceptors (Lipinski definition) is 1. The Morgan fingerprint density at radius 1 is 1.20 bits per heavy atom.